The van der Waals surface area contributed by atoms with E-state index in [1.807, 2.05) is 18.2 Å². The van der Waals surface area contributed by atoms with Crippen molar-refractivity contribution in [2.75, 3.05) is 5.73 Å². The number of nitrogens with zero attached hydrogens (tertiary/aromatic N) is 1. The maximum Gasteiger partial charge on any atom is 0.0970 e. The molecule has 4 rings (SSSR count). The highest BCUT2D eigenvalue weighted by Gasteiger charge is 2.24. The molecular weight excluding hydrogens is 276 g/mol. The number of nitrogens with two attached hydrogens (primary N) is 1. The Morgan fingerprint density at radius 3 is 2.48 bits per heavy atom. The molecule has 21 heavy (non-hydrogen) atoms. The van der Waals surface area contributed by atoms with Crippen LogP contribution in [0.4, 0.5) is 5.69 Å². The molecule has 0 fully saturated rings. The standard InChI is InChI=1S/C18H16N2S/c19-16-7-3-6-14(10-16)17-11-21-18(20-17)15-8-12-4-1-2-5-13(12)9-15/h1-7,10-11,15H,8-9,19H2. The van der Waals surface area contributed by atoms with Crippen molar-refractivity contribution in [3.63, 3.8) is 0 Å². The van der Waals surface area contributed by atoms with Gasteiger partial charge in [-0.25, -0.2) is 4.98 Å². The summed E-state index contributed by atoms with van der Waals surface area (Å²) in [5.41, 5.74) is 11.7. The topological polar surface area (TPSA) is 38.9 Å². The Morgan fingerprint density at radius 2 is 1.76 bits per heavy atom. The number of thiazole rings is 1. The zero-order valence-corrected chi connectivity index (χ0v) is 12.4. The molecule has 2 nitrogen and oxygen atoms in total. The quantitative estimate of drug-likeness (QED) is 0.716. The van der Waals surface area contributed by atoms with Crippen molar-refractivity contribution in [3.8, 4) is 11.3 Å². The molecule has 2 aromatic carbocycles. The molecule has 0 atom stereocenters. The van der Waals surface area contributed by atoms with Crippen molar-refractivity contribution in [3.05, 3.63) is 70.0 Å². The van der Waals surface area contributed by atoms with Crippen LogP contribution in [0.1, 0.15) is 22.1 Å². The van der Waals surface area contributed by atoms with Crippen LogP contribution in [-0.2, 0) is 12.8 Å². The Labute approximate surface area is 128 Å². The Bertz CT molecular complexity index is 766. The molecule has 0 radical (unpaired) electrons. The summed E-state index contributed by atoms with van der Waals surface area (Å²) in [6, 6.07) is 16.7. The predicted octanol–water partition coefficient (Wildman–Crippen LogP) is 4.27. The molecule has 1 aliphatic rings. The van der Waals surface area contributed by atoms with E-state index in [0.29, 0.717) is 5.92 Å². The molecule has 3 aromatic rings. The second-order valence-electron chi connectivity index (χ2n) is 5.57. The molecule has 0 spiro atoms. The van der Waals surface area contributed by atoms with Crippen LogP contribution >= 0.6 is 11.3 Å². The van der Waals surface area contributed by atoms with E-state index in [2.05, 4.69) is 35.7 Å². The summed E-state index contributed by atoms with van der Waals surface area (Å²) in [7, 11) is 0. The van der Waals surface area contributed by atoms with E-state index in [1.54, 1.807) is 11.3 Å². The highest BCUT2D eigenvalue weighted by atomic mass is 32.1. The molecule has 1 aromatic heterocycles. The van der Waals surface area contributed by atoms with Crippen molar-refractivity contribution in [2.24, 2.45) is 0 Å². The number of rotatable bonds is 2. The van der Waals surface area contributed by atoms with E-state index in [-0.39, 0.29) is 0 Å². The first-order valence-corrected chi connectivity index (χ1v) is 8.06. The lowest BCUT2D eigenvalue weighted by Crippen LogP contribution is -1.97. The summed E-state index contributed by atoms with van der Waals surface area (Å²) in [4.78, 5) is 4.85. The number of nitrogen functional groups attached to an aromatic ring is 1. The van der Waals surface area contributed by atoms with Crippen LogP contribution < -0.4 is 5.73 Å². The van der Waals surface area contributed by atoms with Gasteiger partial charge < -0.3 is 5.73 Å². The van der Waals surface area contributed by atoms with Gasteiger partial charge in [-0.2, -0.15) is 0 Å². The molecule has 1 heterocycles. The van der Waals surface area contributed by atoms with E-state index < -0.39 is 0 Å². The summed E-state index contributed by atoms with van der Waals surface area (Å²) >= 11 is 1.77. The Hall–Kier alpha value is -2.13. The van der Waals surface area contributed by atoms with Crippen LogP contribution in [-0.4, -0.2) is 4.98 Å². The molecule has 0 amide bonds. The fourth-order valence-corrected chi connectivity index (χ4v) is 3.97. The number of anilines is 1. The average molecular weight is 292 g/mol. The Balaban J connectivity index is 1.62. The fourth-order valence-electron chi connectivity index (χ4n) is 3.04. The van der Waals surface area contributed by atoms with Crippen LogP contribution in [0, 0.1) is 0 Å². The number of benzene rings is 2. The molecular formula is C18H16N2S. The van der Waals surface area contributed by atoms with Crippen LogP contribution in [0.3, 0.4) is 0 Å². The van der Waals surface area contributed by atoms with Crippen molar-refractivity contribution in [2.45, 2.75) is 18.8 Å². The maximum absolute atomic E-state index is 5.86. The second-order valence-corrected chi connectivity index (χ2v) is 6.46. The monoisotopic (exact) mass is 292 g/mol. The van der Waals surface area contributed by atoms with Crippen molar-refractivity contribution in [1.82, 2.24) is 4.98 Å². The molecule has 0 unspecified atom stereocenters. The number of hydrogen-bond acceptors (Lipinski definition) is 3. The van der Waals surface area contributed by atoms with E-state index >= 15 is 0 Å². The zero-order valence-electron chi connectivity index (χ0n) is 11.6. The fraction of sp³-hybridized carbons (Fsp3) is 0.167. The van der Waals surface area contributed by atoms with Crippen molar-refractivity contribution in [1.29, 1.82) is 0 Å². The molecule has 2 N–H and O–H groups in total. The molecule has 0 saturated carbocycles. The molecule has 0 saturated heterocycles. The predicted molar refractivity (Wildman–Crippen MR) is 88.6 cm³/mol. The smallest absolute Gasteiger partial charge is 0.0970 e. The summed E-state index contributed by atoms with van der Waals surface area (Å²) < 4.78 is 0. The van der Waals surface area contributed by atoms with Crippen LogP contribution in [0.2, 0.25) is 0 Å². The lowest BCUT2D eigenvalue weighted by molar-refractivity contribution is 0.735. The van der Waals surface area contributed by atoms with Gasteiger partial charge in [-0.1, -0.05) is 36.4 Å². The molecule has 0 bridgehead atoms. The van der Waals surface area contributed by atoms with Gasteiger partial charge in [-0.3, -0.25) is 0 Å². The number of fused-ring (bicyclic) bond motifs is 1. The van der Waals surface area contributed by atoms with E-state index in [1.165, 1.54) is 16.1 Å². The van der Waals surface area contributed by atoms with Gasteiger partial charge in [0.25, 0.3) is 0 Å². The number of aromatic nitrogens is 1. The highest BCUT2D eigenvalue weighted by Crippen LogP contribution is 2.36. The summed E-state index contributed by atoms with van der Waals surface area (Å²) in [6.07, 6.45) is 2.22. The van der Waals surface area contributed by atoms with Gasteiger partial charge in [0, 0.05) is 22.5 Å². The van der Waals surface area contributed by atoms with E-state index in [9.17, 15) is 0 Å². The number of hydrogen-bond donors (Lipinski definition) is 1. The molecule has 1 aliphatic carbocycles. The summed E-state index contributed by atoms with van der Waals surface area (Å²) in [6.45, 7) is 0. The van der Waals surface area contributed by atoms with E-state index in [4.69, 9.17) is 10.7 Å². The molecule has 0 aliphatic heterocycles. The summed E-state index contributed by atoms with van der Waals surface area (Å²) in [5, 5.41) is 3.39. The van der Waals surface area contributed by atoms with Crippen LogP contribution in [0.5, 0.6) is 0 Å². The first-order valence-electron chi connectivity index (χ1n) is 7.18. The third-order valence-electron chi connectivity index (χ3n) is 4.10. The first kappa shape index (κ1) is 12.6. The van der Waals surface area contributed by atoms with Crippen LogP contribution in [0.15, 0.2) is 53.9 Å². The highest BCUT2D eigenvalue weighted by molar-refractivity contribution is 7.10. The lowest BCUT2D eigenvalue weighted by Gasteiger charge is -2.04. The zero-order chi connectivity index (χ0) is 14.2. The largest absolute Gasteiger partial charge is 0.399 e. The second kappa shape index (κ2) is 5.01. The van der Waals surface area contributed by atoms with Crippen molar-refractivity contribution >= 4 is 17.0 Å². The van der Waals surface area contributed by atoms with Gasteiger partial charge in [0.1, 0.15) is 0 Å². The van der Waals surface area contributed by atoms with Gasteiger partial charge in [0.15, 0.2) is 0 Å². The minimum atomic E-state index is 0.530. The lowest BCUT2D eigenvalue weighted by atomic mass is 10.1. The van der Waals surface area contributed by atoms with Crippen LogP contribution in [0.25, 0.3) is 11.3 Å². The van der Waals surface area contributed by atoms with Gasteiger partial charge >= 0.3 is 0 Å². The normalized spacial score (nSPS) is 14.3. The van der Waals surface area contributed by atoms with E-state index in [0.717, 1.165) is 29.8 Å². The van der Waals surface area contributed by atoms with Gasteiger partial charge in [0.2, 0.25) is 0 Å². The maximum atomic E-state index is 5.86. The third-order valence-corrected chi connectivity index (χ3v) is 5.11. The minimum absolute atomic E-state index is 0.530. The Kier molecular flexibility index (Phi) is 3.00. The SMILES string of the molecule is Nc1cccc(-c2csc(C3Cc4ccccc4C3)n2)c1. The Morgan fingerprint density at radius 1 is 1.00 bits per heavy atom. The average Bonchev–Trinajstić information content (AvgIpc) is 3.14. The third kappa shape index (κ3) is 2.34. The molecule has 104 valence electrons. The van der Waals surface area contributed by atoms with Crippen molar-refractivity contribution < 1.29 is 0 Å². The van der Waals surface area contributed by atoms with Gasteiger partial charge in [-0.05, 0) is 36.1 Å². The first-order chi connectivity index (χ1) is 10.3. The molecule has 3 heteroatoms. The van der Waals surface area contributed by atoms with Gasteiger partial charge in [0.05, 0.1) is 10.7 Å². The minimum Gasteiger partial charge on any atom is -0.399 e. The van der Waals surface area contributed by atoms with Gasteiger partial charge in [-0.15, -0.1) is 11.3 Å². The summed E-state index contributed by atoms with van der Waals surface area (Å²) in [5.74, 6) is 0.530.